The summed E-state index contributed by atoms with van der Waals surface area (Å²) in [5.41, 5.74) is 6.38. The predicted octanol–water partition coefficient (Wildman–Crippen LogP) is 4.86. The number of benzene rings is 3. The summed E-state index contributed by atoms with van der Waals surface area (Å²) in [6.07, 6.45) is 0.115. The Morgan fingerprint density at radius 1 is 0.930 bits per heavy atom. The molecular formula is C34H43N3O6. The van der Waals surface area contributed by atoms with E-state index in [1.54, 1.807) is 14.2 Å². The van der Waals surface area contributed by atoms with Crippen LogP contribution in [0, 0.1) is 5.92 Å². The first-order valence-corrected chi connectivity index (χ1v) is 15.0. The summed E-state index contributed by atoms with van der Waals surface area (Å²) in [6.45, 7) is 7.58. The van der Waals surface area contributed by atoms with Gasteiger partial charge in [-0.3, -0.25) is 4.90 Å². The highest BCUT2D eigenvalue weighted by atomic mass is 16.7. The fraction of sp³-hybridized carbons (Fsp3) is 0.441. The molecule has 2 aliphatic rings. The Morgan fingerprint density at radius 3 is 2.23 bits per heavy atom. The van der Waals surface area contributed by atoms with Gasteiger partial charge in [0.05, 0.1) is 33.0 Å². The summed E-state index contributed by atoms with van der Waals surface area (Å²) < 4.78 is 24.4. The van der Waals surface area contributed by atoms with Gasteiger partial charge in [0, 0.05) is 44.2 Å². The zero-order valence-electron chi connectivity index (χ0n) is 25.5. The molecule has 9 heteroatoms. The van der Waals surface area contributed by atoms with E-state index in [0.717, 1.165) is 59.8 Å². The van der Waals surface area contributed by atoms with E-state index < -0.39 is 6.29 Å². The molecule has 0 saturated carbocycles. The van der Waals surface area contributed by atoms with E-state index in [1.807, 2.05) is 55.5 Å². The van der Waals surface area contributed by atoms with Gasteiger partial charge in [-0.25, -0.2) is 4.79 Å². The van der Waals surface area contributed by atoms with Crippen molar-refractivity contribution in [2.24, 2.45) is 5.92 Å². The van der Waals surface area contributed by atoms with E-state index in [-0.39, 0.29) is 30.8 Å². The highest BCUT2D eigenvalue weighted by Gasteiger charge is 2.39. The lowest BCUT2D eigenvalue weighted by Crippen LogP contribution is -2.45. The van der Waals surface area contributed by atoms with Crippen LogP contribution in [0.5, 0.6) is 11.5 Å². The molecular weight excluding hydrogens is 546 g/mol. The molecule has 230 valence electrons. The number of urea groups is 1. The predicted molar refractivity (Wildman–Crippen MR) is 164 cm³/mol. The average Bonchev–Trinajstić information content (AvgIpc) is 3.04. The SMILES string of the molecule is CCNC(=O)NCc1ccc(C2OC(CN3CCc4cc(OC)c(OC)cc4C3)C(C)C(c3ccc(CO)cc3)O2)cc1. The summed E-state index contributed by atoms with van der Waals surface area (Å²) in [4.78, 5) is 14.3. The number of carbonyl (C=O) groups excluding carboxylic acids is 1. The van der Waals surface area contributed by atoms with Crippen LogP contribution in [0.3, 0.4) is 0 Å². The Bertz CT molecular complexity index is 1360. The van der Waals surface area contributed by atoms with E-state index in [4.69, 9.17) is 18.9 Å². The number of nitrogens with zero attached hydrogens (tertiary/aromatic N) is 1. The summed E-state index contributed by atoms with van der Waals surface area (Å²) in [6, 6.07) is 20.0. The maximum atomic E-state index is 11.8. The van der Waals surface area contributed by atoms with Crippen LogP contribution in [0.2, 0.25) is 0 Å². The molecule has 9 nitrogen and oxygen atoms in total. The number of hydrogen-bond donors (Lipinski definition) is 3. The molecule has 0 aliphatic carbocycles. The molecule has 2 aliphatic heterocycles. The van der Waals surface area contributed by atoms with Crippen LogP contribution in [0.1, 0.15) is 59.6 Å². The molecule has 5 rings (SSSR count). The van der Waals surface area contributed by atoms with Crippen LogP contribution in [0.15, 0.2) is 60.7 Å². The van der Waals surface area contributed by atoms with Crippen molar-refractivity contribution in [3.8, 4) is 11.5 Å². The summed E-state index contributed by atoms with van der Waals surface area (Å²) in [5, 5.41) is 15.2. The minimum absolute atomic E-state index is 0.00409. The van der Waals surface area contributed by atoms with Crippen molar-refractivity contribution in [1.82, 2.24) is 15.5 Å². The maximum Gasteiger partial charge on any atom is 0.315 e. The van der Waals surface area contributed by atoms with E-state index in [2.05, 4.69) is 34.6 Å². The van der Waals surface area contributed by atoms with Crippen LogP contribution in [-0.2, 0) is 35.6 Å². The van der Waals surface area contributed by atoms with Crippen LogP contribution in [-0.4, -0.2) is 56.0 Å². The maximum absolute atomic E-state index is 11.8. The van der Waals surface area contributed by atoms with Crippen molar-refractivity contribution in [2.75, 3.05) is 33.9 Å². The molecule has 3 aromatic carbocycles. The van der Waals surface area contributed by atoms with Gasteiger partial charge >= 0.3 is 6.03 Å². The lowest BCUT2D eigenvalue weighted by molar-refractivity contribution is -0.276. The summed E-state index contributed by atoms with van der Waals surface area (Å²) in [7, 11) is 3.34. The summed E-state index contributed by atoms with van der Waals surface area (Å²) >= 11 is 0. The molecule has 3 N–H and O–H groups in total. The first kappa shape index (κ1) is 30.8. The summed E-state index contributed by atoms with van der Waals surface area (Å²) in [5.74, 6) is 1.60. The van der Waals surface area contributed by atoms with Crippen LogP contribution < -0.4 is 20.1 Å². The first-order chi connectivity index (χ1) is 20.9. The minimum Gasteiger partial charge on any atom is -0.493 e. The van der Waals surface area contributed by atoms with E-state index in [9.17, 15) is 9.90 Å². The highest BCUT2D eigenvalue weighted by molar-refractivity contribution is 5.73. The number of ether oxygens (including phenoxy) is 4. The van der Waals surface area contributed by atoms with E-state index >= 15 is 0 Å². The molecule has 1 saturated heterocycles. The molecule has 0 bridgehead atoms. The molecule has 3 aromatic rings. The smallest absolute Gasteiger partial charge is 0.315 e. The van der Waals surface area contributed by atoms with Gasteiger partial charge in [0.25, 0.3) is 0 Å². The number of methoxy groups -OCH3 is 2. The second kappa shape index (κ2) is 14.2. The molecule has 0 spiro atoms. The van der Waals surface area contributed by atoms with Crippen LogP contribution in [0.4, 0.5) is 4.79 Å². The van der Waals surface area contributed by atoms with Gasteiger partial charge in [0.2, 0.25) is 0 Å². The van der Waals surface area contributed by atoms with E-state index in [0.29, 0.717) is 13.1 Å². The third-order valence-electron chi connectivity index (χ3n) is 8.40. The number of fused-ring (bicyclic) bond motifs is 1. The molecule has 1 fully saturated rings. The number of carbonyl (C=O) groups is 1. The van der Waals surface area contributed by atoms with Gasteiger partial charge in [-0.05, 0) is 53.3 Å². The van der Waals surface area contributed by atoms with Gasteiger partial charge in [0.15, 0.2) is 17.8 Å². The molecule has 4 atom stereocenters. The minimum atomic E-state index is -0.546. The van der Waals surface area contributed by atoms with Crippen LogP contribution in [0.25, 0.3) is 0 Å². The third kappa shape index (κ3) is 7.30. The van der Waals surface area contributed by atoms with Crippen LogP contribution >= 0.6 is 0 Å². The highest BCUT2D eigenvalue weighted by Crippen LogP contribution is 2.42. The largest absolute Gasteiger partial charge is 0.493 e. The van der Waals surface area contributed by atoms with Crippen molar-refractivity contribution < 1.29 is 28.8 Å². The van der Waals surface area contributed by atoms with Crippen molar-refractivity contribution in [1.29, 1.82) is 0 Å². The number of nitrogens with one attached hydrogen (secondary N) is 2. The van der Waals surface area contributed by atoms with Gasteiger partial charge in [-0.15, -0.1) is 0 Å². The van der Waals surface area contributed by atoms with Gasteiger partial charge in [-0.1, -0.05) is 55.5 Å². The molecule has 43 heavy (non-hydrogen) atoms. The number of amides is 2. The first-order valence-electron chi connectivity index (χ1n) is 15.0. The van der Waals surface area contributed by atoms with Gasteiger partial charge < -0.3 is 34.7 Å². The standard InChI is InChI=1S/C34H43N3O6/c1-5-35-34(39)36-18-23-6-12-26(13-7-23)33-42-31(22(2)32(43-33)25-10-8-24(21-38)9-11-25)20-37-15-14-27-16-29(40-3)30(41-4)17-28(27)19-37/h6-13,16-17,22,31-33,38H,5,14-15,18-21H2,1-4H3,(H2,35,36,39). The fourth-order valence-corrected chi connectivity index (χ4v) is 5.88. The molecule has 2 heterocycles. The van der Waals surface area contributed by atoms with Crippen molar-refractivity contribution in [3.05, 3.63) is 94.0 Å². The Kier molecular flexibility index (Phi) is 10.2. The van der Waals surface area contributed by atoms with Gasteiger partial charge in [0.1, 0.15) is 0 Å². The fourth-order valence-electron chi connectivity index (χ4n) is 5.88. The second-order valence-corrected chi connectivity index (χ2v) is 11.2. The van der Waals surface area contributed by atoms with Crippen molar-refractivity contribution in [3.63, 3.8) is 0 Å². The lowest BCUT2D eigenvalue weighted by Gasteiger charge is -2.43. The Hall–Kier alpha value is -3.63. The van der Waals surface area contributed by atoms with Crippen molar-refractivity contribution in [2.45, 2.75) is 58.5 Å². The monoisotopic (exact) mass is 589 g/mol. The number of hydrogen-bond acceptors (Lipinski definition) is 7. The molecule has 0 aromatic heterocycles. The Balaban J connectivity index is 1.34. The molecule has 0 radical (unpaired) electrons. The average molecular weight is 590 g/mol. The quantitative estimate of drug-likeness (QED) is 0.310. The van der Waals surface area contributed by atoms with Crippen molar-refractivity contribution >= 4 is 6.03 Å². The molecule has 2 amide bonds. The normalized spacial score (nSPS) is 22.0. The van der Waals surface area contributed by atoms with E-state index in [1.165, 1.54) is 11.1 Å². The third-order valence-corrected chi connectivity index (χ3v) is 8.40. The number of rotatable bonds is 10. The topological polar surface area (TPSA) is 102 Å². The zero-order valence-corrected chi connectivity index (χ0v) is 25.5. The zero-order chi connectivity index (χ0) is 30.3. The number of aliphatic hydroxyl groups excluding tert-OH is 1. The molecule has 4 unspecified atom stereocenters. The Morgan fingerprint density at radius 2 is 1.58 bits per heavy atom. The van der Waals surface area contributed by atoms with Gasteiger partial charge in [-0.2, -0.15) is 0 Å². The second-order valence-electron chi connectivity index (χ2n) is 11.2. The number of aliphatic hydroxyl groups is 1. The lowest BCUT2D eigenvalue weighted by atomic mass is 9.89. The Labute approximate surface area is 254 Å².